The highest BCUT2D eigenvalue weighted by Gasteiger charge is 2.20. The molecule has 8 nitrogen and oxygen atoms in total. The van der Waals surface area contributed by atoms with Gasteiger partial charge in [-0.3, -0.25) is 9.79 Å². The third-order valence-electron chi connectivity index (χ3n) is 3.44. The lowest BCUT2D eigenvalue weighted by atomic mass is 10.3. The monoisotopic (exact) mass is 383 g/mol. The van der Waals surface area contributed by atoms with E-state index >= 15 is 0 Å². The Morgan fingerprint density at radius 1 is 1.27 bits per heavy atom. The first-order chi connectivity index (χ1) is 12.4. The highest BCUT2D eigenvalue weighted by atomic mass is 32.1. The number of nitrogens with one attached hydrogen (secondary N) is 3. The van der Waals surface area contributed by atoms with Crippen molar-refractivity contribution in [2.45, 2.75) is 46.6 Å². The van der Waals surface area contributed by atoms with Crippen LogP contribution in [-0.2, 0) is 9.53 Å². The standard InChI is InChI=1S/C17H29N5O3S/c1-6-9-19-13(23)8-10-20-17(18-5)22-12(4)15-21-11(3)14(26-15)16(24)25-7-2/h12H,6-10H2,1-5H3,(H,19,23)(H2,18,20,22). The number of carbonyl (C=O) groups is 2. The maximum Gasteiger partial charge on any atom is 0.350 e. The minimum atomic E-state index is -0.346. The van der Waals surface area contributed by atoms with Gasteiger partial charge in [0.15, 0.2) is 5.96 Å². The van der Waals surface area contributed by atoms with Crippen LogP contribution in [0.1, 0.15) is 60.0 Å². The molecule has 0 aromatic carbocycles. The molecule has 0 bridgehead atoms. The van der Waals surface area contributed by atoms with E-state index in [9.17, 15) is 9.59 Å². The molecule has 0 aliphatic heterocycles. The van der Waals surface area contributed by atoms with Crippen LogP contribution in [0.3, 0.4) is 0 Å². The van der Waals surface area contributed by atoms with Gasteiger partial charge in [-0.1, -0.05) is 6.92 Å². The maximum atomic E-state index is 11.9. The highest BCUT2D eigenvalue weighted by Crippen LogP contribution is 2.24. The van der Waals surface area contributed by atoms with Crippen LogP contribution in [0, 0.1) is 6.92 Å². The van der Waals surface area contributed by atoms with Gasteiger partial charge in [0.1, 0.15) is 9.88 Å². The summed E-state index contributed by atoms with van der Waals surface area (Å²) in [7, 11) is 1.66. The van der Waals surface area contributed by atoms with Gasteiger partial charge in [-0.15, -0.1) is 11.3 Å². The molecule has 26 heavy (non-hydrogen) atoms. The van der Waals surface area contributed by atoms with Crippen LogP contribution in [-0.4, -0.2) is 49.6 Å². The molecule has 0 spiro atoms. The molecule has 0 aliphatic carbocycles. The Hall–Kier alpha value is -2.16. The van der Waals surface area contributed by atoms with Crippen LogP contribution >= 0.6 is 11.3 Å². The first-order valence-corrected chi connectivity index (χ1v) is 9.62. The first kappa shape index (κ1) is 21.9. The number of thiazole rings is 1. The Morgan fingerprint density at radius 3 is 2.62 bits per heavy atom. The van der Waals surface area contributed by atoms with E-state index in [-0.39, 0.29) is 17.9 Å². The lowest BCUT2D eigenvalue weighted by Crippen LogP contribution is -2.40. The summed E-state index contributed by atoms with van der Waals surface area (Å²) >= 11 is 1.31. The van der Waals surface area contributed by atoms with Crippen molar-refractivity contribution in [1.82, 2.24) is 20.9 Å². The number of esters is 1. The van der Waals surface area contributed by atoms with Crippen LogP contribution in [0.25, 0.3) is 0 Å². The van der Waals surface area contributed by atoms with Gasteiger partial charge in [0.2, 0.25) is 5.91 Å². The fourth-order valence-corrected chi connectivity index (χ4v) is 3.06. The van der Waals surface area contributed by atoms with E-state index in [1.54, 1.807) is 20.9 Å². The van der Waals surface area contributed by atoms with Crippen molar-refractivity contribution in [3.8, 4) is 0 Å². The zero-order valence-corrected chi connectivity index (χ0v) is 17.0. The summed E-state index contributed by atoms with van der Waals surface area (Å²) in [5, 5.41) is 9.92. The summed E-state index contributed by atoms with van der Waals surface area (Å²) in [6.45, 7) is 9.02. The van der Waals surface area contributed by atoms with Crippen molar-refractivity contribution < 1.29 is 14.3 Å². The molecule has 1 amide bonds. The van der Waals surface area contributed by atoms with E-state index in [4.69, 9.17) is 4.74 Å². The Bertz CT molecular complexity index is 630. The zero-order chi connectivity index (χ0) is 19.5. The number of aliphatic imine (C=N–C) groups is 1. The molecule has 1 atom stereocenters. The molecule has 0 fully saturated rings. The molecule has 1 rings (SSSR count). The van der Waals surface area contributed by atoms with Gasteiger partial charge in [-0.05, 0) is 27.2 Å². The van der Waals surface area contributed by atoms with Gasteiger partial charge in [0.05, 0.1) is 18.3 Å². The Balaban J connectivity index is 2.56. The number of amides is 1. The second-order valence-electron chi connectivity index (χ2n) is 5.65. The molecule has 1 aromatic rings. The lowest BCUT2D eigenvalue weighted by molar-refractivity contribution is -0.120. The molecule has 0 radical (unpaired) electrons. The van der Waals surface area contributed by atoms with Crippen LogP contribution in [0.5, 0.6) is 0 Å². The minimum Gasteiger partial charge on any atom is -0.462 e. The minimum absolute atomic E-state index is 0.0116. The Morgan fingerprint density at radius 2 is 2.00 bits per heavy atom. The first-order valence-electron chi connectivity index (χ1n) is 8.81. The largest absolute Gasteiger partial charge is 0.462 e. The molecule has 0 saturated carbocycles. The third-order valence-corrected chi connectivity index (χ3v) is 4.76. The average Bonchev–Trinajstić information content (AvgIpc) is 3.01. The molecule has 1 aromatic heterocycles. The molecule has 0 aliphatic rings. The Labute approximate surface area is 158 Å². The van der Waals surface area contributed by atoms with Gasteiger partial charge in [0.25, 0.3) is 0 Å². The lowest BCUT2D eigenvalue weighted by Gasteiger charge is -2.16. The predicted octanol–water partition coefficient (Wildman–Crippen LogP) is 1.77. The summed E-state index contributed by atoms with van der Waals surface area (Å²) in [5.74, 6) is 0.241. The number of rotatable bonds is 9. The van der Waals surface area contributed by atoms with Gasteiger partial charge in [0, 0.05) is 26.6 Å². The quantitative estimate of drug-likeness (QED) is 0.341. The number of aryl methyl sites for hydroxylation is 1. The fraction of sp³-hybridized carbons (Fsp3) is 0.647. The van der Waals surface area contributed by atoms with Crippen molar-refractivity contribution in [1.29, 1.82) is 0 Å². The van der Waals surface area contributed by atoms with Crippen LogP contribution in [0.15, 0.2) is 4.99 Å². The molecule has 1 heterocycles. The van der Waals surface area contributed by atoms with Crippen molar-refractivity contribution in [3.05, 3.63) is 15.6 Å². The number of aromatic nitrogens is 1. The van der Waals surface area contributed by atoms with Crippen molar-refractivity contribution in [2.75, 3.05) is 26.7 Å². The van der Waals surface area contributed by atoms with E-state index in [1.165, 1.54) is 11.3 Å². The summed E-state index contributed by atoms with van der Waals surface area (Å²) in [5.41, 5.74) is 0.660. The maximum absolute atomic E-state index is 11.9. The summed E-state index contributed by atoms with van der Waals surface area (Å²) in [4.78, 5) is 32.6. The molecule has 146 valence electrons. The van der Waals surface area contributed by atoms with Crippen molar-refractivity contribution in [2.24, 2.45) is 4.99 Å². The van der Waals surface area contributed by atoms with E-state index < -0.39 is 0 Å². The number of guanidine groups is 1. The van der Waals surface area contributed by atoms with Gasteiger partial charge < -0.3 is 20.7 Å². The predicted molar refractivity (Wildman–Crippen MR) is 104 cm³/mol. The second-order valence-corrected chi connectivity index (χ2v) is 6.68. The normalized spacial score (nSPS) is 12.4. The molecule has 1 unspecified atom stereocenters. The Kier molecular flexibility index (Phi) is 9.64. The number of carbonyl (C=O) groups excluding carboxylic acids is 2. The highest BCUT2D eigenvalue weighted by molar-refractivity contribution is 7.13. The summed E-state index contributed by atoms with van der Waals surface area (Å²) in [6, 6.07) is -0.137. The van der Waals surface area contributed by atoms with Crippen LogP contribution in [0.2, 0.25) is 0 Å². The van der Waals surface area contributed by atoms with Gasteiger partial charge in [-0.25, -0.2) is 9.78 Å². The number of ether oxygens (including phenoxy) is 1. The van der Waals surface area contributed by atoms with Crippen LogP contribution < -0.4 is 16.0 Å². The summed E-state index contributed by atoms with van der Waals surface area (Å²) in [6.07, 6.45) is 1.29. The molecule has 9 heteroatoms. The molecular formula is C17H29N5O3S. The van der Waals surface area contributed by atoms with Crippen LogP contribution in [0.4, 0.5) is 0 Å². The molecule has 0 saturated heterocycles. The fourth-order valence-electron chi connectivity index (χ4n) is 2.10. The van der Waals surface area contributed by atoms with E-state index in [1.807, 2.05) is 13.8 Å². The zero-order valence-electron chi connectivity index (χ0n) is 16.1. The van der Waals surface area contributed by atoms with E-state index in [0.29, 0.717) is 42.6 Å². The molecular weight excluding hydrogens is 354 g/mol. The number of hydrogen-bond acceptors (Lipinski definition) is 6. The van der Waals surface area contributed by atoms with Crippen molar-refractivity contribution in [3.63, 3.8) is 0 Å². The van der Waals surface area contributed by atoms with E-state index in [2.05, 4.69) is 25.9 Å². The second kappa shape index (κ2) is 11.5. The smallest absolute Gasteiger partial charge is 0.350 e. The third kappa shape index (κ3) is 6.99. The topological polar surface area (TPSA) is 105 Å². The number of nitrogens with zero attached hydrogens (tertiary/aromatic N) is 2. The molecule has 3 N–H and O–H groups in total. The summed E-state index contributed by atoms with van der Waals surface area (Å²) < 4.78 is 5.04. The van der Waals surface area contributed by atoms with E-state index in [0.717, 1.165) is 11.4 Å². The van der Waals surface area contributed by atoms with Gasteiger partial charge in [-0.2, -0.15) is 0 Å². The number of hydrogen-bond donors (Lipinski definition) is 3. The van der Waals surface area contributed by atoms with Crippen molar-refractivity contribution >= 4 is 29.2 Å². The average molecular weight is 384 g/mol. The van der Waals surface area contributed by atoms with Gasteiger partial charge >= 0.3 is 5.97 Å². The SMILES string of the molecule is CCCNC(=O)CCNC(=NC)NC(C)c1nc(C)c(C(=O)OCC)s1.